The van der Waals surface area contributed by atoms with E-state index >= 15 is 0 Å². The lowest BCUT2D eigenvalue weighted by Crippen LogP contribution is -2.47. The normalized spacial score (nSPS) is 19.8. The predicted octanol–water partition coefficient (Wildman–Crippen LogP) is 1.14. The Bertz CT molecular complexity index is 252. The highest BCUT2D eigenvalue weighted by molar-refractivity contribution is 5.03. The second-order valence-corrected chi connectivity index (χ2v) is 4.10. The van der Waals surface area contributed by atoms with Gasteiger partial charge in [0.2, 0.25) is 0 Å². The summed E-state index contributed by atoms with van der Waals surface area (Å²) in [5, 5.41) is 3.42. The Kier molecular flexibility index (Phi) is 2.38. The highest BCUT2D eigenvalue weighted by Crippen LogP contribution is 2.25. The molecule has 1 aliphatic rings. The SMILES string of the molecule is CC1(CNCc2ccc[nH]2)COC1. The molecule has 0 aromatic carbocycles. The largest absolute Gasteiger partial charge is 0.380 e. The third kappa shape index (κ3) is 2.11. The first-order chi connectivity index (χ1) is 6.29. The van der Waals surface area contributed by atoms with Crippen molar-refractivity contribution in [3.05, 3.63) is 24.0 Å². The molecule has 0 saturated carbocycles. The van der Waals surface area contributed by atoms with Crippen LogP contribution in [0.5, 0.6) is 0 Å². The zero-order chi connectivity index (χ0) is 9.15. The van der Waals surface area contributed by atoms with Gasteiger partial charge in [0.05, 0.1) is 13.2 Å². The lowest BCUT2D eigenvalue weighted by molar-refractivity contribution is -0.0991. The van der Waals surface area contributed by atoms with E-state index in [1.807, 2.05) is 12.3 Å². The predicted molar refractivity (Wildman–Crippen MR) is 51.4 cm³/mol. The lowest BCUT2D eigenvalue weighted by Gasteiger charge is -2.38. The fraction of sp³-hybridized carbons (Fsp3) is 0.600. The van der Waals surface area contributed by atoms with Gasteiger partial charge in [0, 0.05) is 30.4 Å². The van der Waals surface area contributed by atoms with Gasteiger partial charge in [0.1, 0.15) is 0 Å². The van der Waals surface area contributed by atoms with E-state index in [2.05, 4.69) is 23.3 Å². The maximum atomic E-state index is 5.18. The summed E-state index contributed by atoms with van der Waals surface area (Å²) < 4.78 is 5.18. The first-order valence-corrected chi connectivity index (χ1v) is 4.69. The van der Waals surface area contributed by atoms with Gasteiger partial charge in [-0.2, -0.15) is 0 Å². The summed E-state index contributed by atoms with van der Waals surface area (Å²) in [7, 11) is 0. The average molecular weight is 180 g/mol. The first kappa shape index (κ1) is 8.78. The van der Waals surface area contributed by atoms with Crippen LogP contribution in [-0.2, 0) is 11.3 Å². The van der Waals surface area contributed by atoms with Gasteiger partial charge >= 0.3 is 0 Å². The van der Waals surface area contributed by atoms with Gasteiger partial charge in [0.15, 0.2) is 0 Å². The Balaban J connectivity index is 1.69. The van der Waals surface area contributed by atoms with Crippen molar-refractivity contribution in [3.63, 3.8) is 0 Å². The van der Waals surface area contributed by atoms with Crippen LogP contribution in [0.1, 0.15) is 12.6 Å². The van der Waals surface area contributed by atoms with Crippen LogP contribution in [0.2, 0.25) is 0 Å². The lowest BCUT2D eigenvalue weighted by atomic mass is 9.89. The molecule has 2 heterocycles. The number of aromatic amines is 1. The molecular formula is C10H16N2O. The number of hydrogen-bond donors (Lipinski definition) is 2. The molecular weight excluding hydrogens is 164 g/mol. The van der Waals surface area contributed by atoms with E-state index in [0.29, 0.717) is 5.41 Å². The van der Waals surface area contributed by atoms with Crippen LogP contribution in [0.4, 0.5) is 0 Å². The molecule has 13 heavy (non-hydrogen) atoms. The minimum Gasteiger partial charge on any atom is -0.380 e. The molecule has 2 N–H and O–H groups in total. The smallest absolute Gasteiger partial charge is 0.0554 e. The van der Waals surface area contributed by atoms with E-state index in [1.54, 1.807) is 0 Å². The summed E-state index contributed by atoms with van der Waals surface area (Å²) in [6, 6.07) is 4.11. The second-order valence-electron chi connectivity index (χ2n) is 4.10. The Hall–Kier alpha value is -0.800. The van der Waals surface area contributed by atoms with Gasteiger partial charge in [-0.05, 0) is 12.1 Å². The molecule has 0 bridgehead atoms. The topological polar surface area (TPSA) is 37.0 Å². The highest BCUT2D eigenvalue weighted by atomic mass is 16.5. The van der Waals surface area contributed by atoms with Crippen LogP contribution in [0, 0.1) is 5.41 Å². The van der Waals surface area contributed by atoms with E-state index in [0.717, 1.165) is 26.3 Å². The molecule has 3 nitrogen and oxygen atoms in total. The third-order valence-electron chi connectivity index (χ3n) is 2.43. The van der Waals surface area contributed by atoms with Crippen LogP contribution >= 0.6 is 0 Å². The van der Waals surface area contributed by atoms with E-state index < -0.39 is 0 Å². The summed E-state index contributed by atoms with van der Waals surface area (Å²) >= 11 is 0. The molecule has 2 rings (SSSR count). The monoisotopic (exact) mass is 180 g/mol. The zero-order valence-electron chi connectivity index (χ0n) is 7.97. The van der Waals surface area contributed by atoms with Gasteiger partial charge in [0.25, 0.3) is 0 Å². The summed E-state index contributed by atoms with van der Waals surface area (Å²) in [6.07, 6.45) is 1.95. The van der Waals surface area contributed by atoms with Gasteiger partial charge in [-0.15, -0.1) is 0 Å². The summed E-state index contributed by atoms with van der Waals surface area (Å²) in [6.45, 7) is 5.99. The molecule has 1 aromatic rings. The van der Waals surface area contributed by atoms with Gasteiger partial charge in [-0.1, -0.05) is 6.92 Å². The molecule has 0 atom stereocenters. The number of nitrogens with one attached hydrogen (secondary N) is 2. The molecule has 0 unspecified atom stereocenters. The van der Waals surface area contributed by atoms with E-state index in [4.69, 9.17) is 4.74 Å². The molecule has 1 fully saturated rings. The van der Waals surface area contributed by atoms with Crippen molar-refractivity contribution in [3.8, 4) is 0 Å². The first-order valence-electron chi connectivity index (χ1n) is 4.69. The van der Waals surface area contributed by atoms with Gasteiger partial charge < -0.3 is 15.0 Å². The molecule has 1 aliphatic heterocycles. The van der Waals surface area contributed by atoms with Crippen LogP contribution in [-0.4, -0.2) is 24.7 Å². The number of rotatable bonds is 4. The molecule has 0 spiro atoms. The van der Waals surface area contributed by atoms with E-state index in [-0.39, 0.29) is 0 Å². The Morgan fingerprint density at radius 1 is 1.62 bits per heavy atom. The Morgan fingerprint density at radius 3 is 3.00 bits per heavy atom. The minimum atomic E-state index is 0.368. The fourth-order valence-electron chi connectivity index (χ4n) is 1.53. The quantitative estimate of drug-likeness (QED) is 0.729. The van der Waals surface area contributed by atoms with Gasteiger partial charge in [-0.25, -0.2) is 0 Å². The minimum absolute atomic E-state index is 0.368. The number of ether oxygens (including phenoxy) is 1. The molecule has 72 valence electrons. The number of hydrogen-bond acceptors (Lipinski definition) is 2. The van der Waals surface area contributed by atoms with Crippen LogP contribution in [0.15, 0.2) is 18.3 Å². The van der Waals surface area contributed by atoms with E-state index in [9.17, 15) is 0 Å². The molecule has 0 radical (unpaired) electrons. The molecule has 0 aliphatic carbocycles. The summed E-state index contributed by atoms with van der Waals surface area (Å²) in [4.78, 5) is 3.17. The molecule has 1 aromatic heterocycles. The van der Waals surface area contributed by atoms with Crippen LogP contribution in [0.25, 0.3) is 0 Å². The standard InChI is InChI=1S/C10H16N2O/c1-10(7-13-8-10)6-11-5-9-3-2-4-12-9/h2-4,11-12H,5-8H2,1H3. The highest BCUT2D eigenvalue weighted by Gasteiger charge is 2.32. The van der Waals surface area contributed by atoms with E-state index in [1.165, 1.54) is 5.69 Å². The number of aromatic nitrogens is 1. The number of H-pyrrole nitrogens is 1. The fourth-order valence-corrected chi connectivity index (χ4v) is 1.53. The van der Waals surface area contributed by atoms with Gasteiger partial charge in [-0.3, -0.25) is 0 Å². The van der Waals surface area contributed by atoms with Crippen molar-refractivity contribution >= 4 is 0 Å². The maximum absolute atomic E-state index is 5.18. The Morgan fingerprint density at radius 2 is 2.46 bits per heavy atom. The van der Waals surface area contributed by atoms with Crippen molar-refractivity contribution in [2.75, 3.05) is 19.8 Å². The van der Waals surface area contributed by atoms with Crippen LogP contribution < -0.4 is 5.32 Å². The van der Waals surface area contributed by atoms with Crippen molar-refractivity contribution in [1.82, 2.24) is 10.3 Å². The molecule has 3 heteroatoms. The molecule has 1 saturated heterocycles. The average Bonchev–Trinajstić information content (AvgIpc) is 2.54. The Labute approximate surface area is 78.5 Å². The molecule has 0 amide bonds. The summed E-state index contributed by atoms with van der Waals surface area (Å²) in [5.74, 6) is 0. The second kappa shape index (κ2) is 3.52. The van der Waals surface area contributed by atoms with Crippen molar-refractivity contribution in [2.24, 2.45) is 5.41 Å². The third-order valence-corrected chi connectivity index (χ3v) is 2.43. The van der Waals surface area contributed by atoms with Crippen molar-refractivity contribution in [2.45, 2.75) is 13.5 Å². The summed E-state index contributed by atoms with van der Waals surface area (Å²) in [5.41, 5.74) is 1.61. The van der Waals surface area contributed by atoms with Crippen molar-refractivity contribution in [1.29, 1.82) is 0 Å². The van der Waals surface area contributed by atoms with Crippen molar-refractivity contribution < 1.29 is 4.74 Å². The zero-order valence-corrected chi connectivity index (χ0v) is 7.97. The van der Waals surface area contributed by atoms with Crippen LogP contribution in [0.3, 0.4) is 0 Å². The maximum Gasteiger partial charge on any atom is 0.0554 e.